The van der Waals surface area contributed by atoms with Gasteiger partial charge in [-0.15, -0.1) is 0 Å². The molecule has 23 heavy (non-hydrogen) atoms. The Balaban J connectivity index is 1.86. The molecule has 0 aliphatic carbocycles. The highest BCUT2D eigenvalue weighted by Gasteiger charge is 2.12. The predicted octanol–water partition coefficient (Wildman–Crippen LogP) is 5.78. The number of hydrogen-bond donors (Lipinski definition) is 0. The lowest BCUT2D eigenvalue weighted by Crippen LogP contribution is -1.85. The van der Waals surface area contributed by atoms with E-state index in [0.29, 0.717) is 5.71 Å². The van der Waals surface area contributed by atoms with Crippen molar-refractivity contribution in [1.29, 1.82) is 0 Å². The van der Waals surface area contributed by atoms with Gasteiger partial charge >= 0.3 is 0 Å². The monoisotopic (exact) mass is 299 g/mol. The van der Waals surface area contributed by atoms with Crippen molar-refractivity contribution >= 4 is 11.1 Å². The van der Waals surface area contributed by atoms with Crippen LogP contribution in [0.4, 0.5) is 0 Å². The minimum atomic E-state index is 0.684. The fraction of sp³-hybridized carbons (Fsp3) is 0.0952. The Kier molecular flexibility index (Phi) is 3.23. The average Bonchev–Trinajstić information content (AvgIpc) is 2.98. The first kappa shape index (κ1) is 13.8. The second-order valence-corrected chi connectivity index (χ2v) is 5.83. The van der Waals surface area contributed by atoms with Gasteiger partial charge in [-0.2, -0.15) is 0 Å². The zero-order chi connectivity index (χ0) is 15.8. The van der Waals surface area contributed by atoms with Crippen molar-refractivity contribution in [1.82, 2.24) is 4.98 Å². The maximum Gasteiger partial charge on any atom is 0.227 e. The molecular weight excluding hydrogens is 282 g/mol. The highest BCUT2D eigenvalue weighted by molar-refractivity contribution is 5.83. The molecular formula is C21H17NO. The summed E-state index contributed by atoms with van der Waals surface area (Å²) in [4.78, 5) is 4.68. The Labute approximate surface area is 135 Å². The summed E-state index contributed by atoms with van der Waals surface area (Å²) in [6, 6.07) is 22.6. The Morgan fingerprint density at radius 3 is 2.26 bits per heavy atom. The first-order chi connectivity index (χ1) is 11.2. The standard InChI is InChI=1S/C21H17NO/c1-14-7-6-8-15(2)20(14)19-13-17-11-12-18(22-21(17)23-19)16-9-4-3-5-10-16/h3-13H,1-2H3. The summed E-state index contributed by atoms with van der Waals surface area (Å²) < 4.78 is 6.07. The van der Waals surface area contributed by atoms with Crippen LogP contribution in [0.5, 0.6) is 0 Å². The van der Waals surface area contributed by atoms with E-state index >= 15 is 0 Å². The lowest BCUT2D eigenvalue weighted by Gasteiger charge is -2.05. The Morgan fingerprint density at radius 1 is 0.783 bits per heavy atom. The molecule has 2 aromatic heterocycles. The number of nitrogens with zero attached hydrogens (tertiary/aromatic N) is 1. The molecule has 4 rings (SSSR count). The summed E-state index contributed by atoms with van der Waals surface area (Å²) in [6.07, 6.45) is 0. The van der Waals surface area contributed by atoms with E-state index in [0.717, 1.165) is 28.0 Å². The summed E-state index contributed by atoms with van der Waals surface area (Å²) in [5, 5.41) is 1.03. The van der Waals surface area contributed by atoms with Crippen molar-refractivity contribution in [2.24, 2.45) is 0 Å². The zero-order valence-electron chi connectivity index (χ0n) is 13.2. The number of aromatic nitrogens is 1. The number of aryl methyl sites for hydroxylation is 2. The van der Waals surface area contributed by atoms with Crippen LogP contribution in [-0.4, -0.2) is 4.98 Å². The number of hydrogen-bond acceptors (Lipinski definition) is 2. The van der Waals surface area contributed by atoms with Gasteiger partial charge < -0.3 is 4.42 Å². The van der Waals surface area contributed by atoms with Crippen molar-refractivity contribution in [2.75, 3.05) is 0 Å². The number of pyridine rings is 1. The molecule has 0 aliphatic heterocycles. The van der Waals surface area contributed by atoms with Gasteiger partial charge in [0.05, 0.1) is 5.69 Å². The van der Waals surface area contributed by atoms with Gasteiger partial charge in [-0.1, -0.05) is 48.5 Å². The fourth-order valence-corrected chi connectivity index (χ4v) is 3.01. The van der Waals surface area contributed by atoms with Crippen LogP contribution < -0.4 is 0 Å². The molecule has 2 heterocycles. The predicted molar refractivity (Wildman–Crippen MR) is 94.4 cm³/mol. The average molecular weight is 299 g/mol. The van der Waals surface area contributed by atoms with Gasteiger partial charge in [0.25, 0.3) is 0 Å². The van der Waals surface area contributed by atoms with Crippen LogP contribution in [-0.2, 0) is 0 Å². The van der Waals surface area contributed by atoms with Gasteiger partial charge in [-0.05, 0) is 43.2 Å². The molecule has 0 saturated carbocycles. The SMILES string of the molecule is Cc1cccc(C)c1-c1cc2ccc(-c3ccccc3)nc2o1. The van der Waals surface area contributed by atoms with Crippen LogP contribution in [0.25, 0.3) is 33.7 Å². The third-order valence-electron chi connectivity index (χ3n) is 4.18. The molecule has 2 nitrogen and oxygen atoms in total. The van der Waals surface area contributed by atoms with E-state index in [2.05, 4.69) is 61.3 Å². The van der Waals surface area contributed by atoms with Gasteiger partial charge in [-0.25, -0.2) is 4.98 Å². The van der Waals surface area contributed by atoms with Crippen LogP contribution in [0.2, 0.25) is 0 Å². The first-order valence-corrected chi connectivity index (χ1v) is 7.75. The zero-order valence-corrected chi connectivity index (χ0v) is 13.2. The molecule has 0 amide bonds. The van der Waals surface area contributed by atoms with Crippen LogP contribution in [0, 0.1) is 13.8 Å². The van der Waals surface area contributed by atoms with Gasteiger partial charge in [-0.3, -0.25) is 0 Å². The minimum Gasteiger partial charge on any atom is -0.438 e. The van der Waals surface area contributed by atoms with E-state index in [-0.39, 0.29) is 0 Å². The summed E-state index contributed by atoms with van der Waals surface area (Å²) in [5.74, 6) is 0.883. The van der Waals surface area contributed by atoms with Crippen LogP contribution >= 0.6 is 0 Å². The maximum atomic E-state index is 6.07. The molecule has 0 spiro atoms. The molecule has 0 atom stereocenters. The number of furan rings is 1. The van der Waals surface area contributed by atoms with E-state index in [4.69, 9.17) is 4.42 Å². The summed E-state index contributed by atoms with van der Waals surface area (Å²) in [7, 11) is 0. The van der Waals surface area contributed by atoms with Crippen molar-refractivity contribution in [2.45, 2.75) is 13.8 Å². The largest absolute Gasteiger partial charge is 0.438 e. The van der Waals surface area contributed by atoms with Crippen molar-refractivity contribution in [3.05, 3.63) is 77.9 Å². The van der Waals surface area contributed by atoms with Crippen molar-refractivity contribution < 1.29 is 4.42 Å². The number of rotatable bonds is 2. The first-order valence-electron chi connectivity index (χ1n) is 7.75. The van der Waals surface area contributed by atoms with Gasteiger partial charge in [0.1, 0.15) is 5.76 Å². The summed E-state index contributed by atoms with van der Waals surface area (Å²) in [6.45, 7) is 4.22. The summed E-state index contributed by atoms with van der Waals surface area (Å²) >= 11 is 0. The molecule has 4 aromatic rings. The number of benzene rings is 2. The van der Waals surface area contributed by atoms with Gasteiger partial charge in [0.15, 0.2) is 0 Å². The molecule has 2 heteroatoms. The molecule has 0 N–H and O–H groups in total. The van der Waals surface area contributed by atoms with E-state index in [1.807, 2.05) is 24.3 Å². The summed E-state index contributed by atoms with van der Waals surface area (Å²) in [5.41, 5.74) is 6.30. The van der Waals surface area contributed by atoms with E-state index in [9.17, 15) is 0 Å². The van der Waals surface area contributed by atoms with Gasteiger partial charge in [0.2, 0.25) is 5.71 Å². The van der Waals surface area contributed by atoms with Crippen LogP contribution in [0.15, 0.2) is 71.1 Å². The van der Waals surface area contributed by atoms with E-state index in [1.165, 1.54) is 11.1 Å². The molecule has 0 fully saturated rings. The third-order valence-corrected chi connectivity index (χ3v) is 4.18. The fourth-order valence-electron chi connectivity index (χ4n) is 3.01. The Morgan fingerprint density at radius 2 is 1.52 bits per heavy atom. The number of fused-ring (bicyclic) bond motifs is 1. The minimum absolute atomic E-state index is 0.684. The van der Waals surface area contributed by atoms with Crippen molar-refractivity contribution in [3.8, 4) is 22.6 Å². The van der Waals surface area contributed by atoms with Crippen LogP contribution in [0.1, 0.15) is 11.1 Å². The Hall–Kier alpha value is -2.87. The lowest BCUT2D eigenvalue weighted by atomic mass is 10.0. The topological polar surface area (TPSA) is 26.0 Å². The smallest absolute Gasteiger partial charge is 0.227 e. The highest BCUT2D eigenvalue weighted by Crippen LogP contribution is 2.32. The molecule has 0 saturated heterocycles. The maximum absolute atomic E-state index is 6.07. The molecule has 2 aromatic carbocycles. The second-order valence-electron chi connectivity index (χ2n) is 5.83. The van der Waals surface area contributed by atoms with Gasteiger partial charge in [0, 0.05) is 16.5 Å². The second kappa shape index (κ2) is 5.40. The molecule has 0 bridgehead atoms. The van der Waals surface area contributed by atoms with E-state index < -0.39 is 0 Å². The van der Waals surface area contributed by atoms with Crippen LogP contribution in [0.3, 0.4) is 0 Å². The van der Waals surface area contributed by atoms with Crippen molar-refractivity contribution in [3.63, 3.8) is 0 Å². The third kappa shape index (κ3) is 2.42. The Bertz CT molecular complexity index is 963. The highest BCUT2D eigenvalue weighted by atomic mass is 16.3. The van der Waals surface area contributed by atoms with E-state index in [1.54, 1.807) is 0 Å². The molecule has 0 radical (unpaired) electrons. The lowest BCUT2D eigenvalue weighted by molar-refractivity contribution is 0.618. The molecule has 0 unspecified atom stereocenters. The molecule has 112 valence electrons. The molecule has 0 aliphatic rings. The quantitative estimate of drug-likeness (QED) is 0.469. The normalized spacial score (nSPS) is 11.0.